The van der Waals surface area contributed by atoms with Crippen LogP contribution in [0.1, 0.15) is 0 Å². The third kappa shape index (κ3) is 3.55. The second-order valence-electron chi connectivity index (χ2n) is 2.13. The molecule has 0 bridgehead atoms. The van der Waals surface area contributed by atoms with E-state index in [4.69, 9.17) is 0 Å². The Morgan fingerprint density at radius 1 is 0.467 bits per heavy atom. The fourth-order valence-corrected chi connectivity index (χ4v) is 1.86. The molecule has 0 aromatic carbocycles. The molecular weight excluding hydrogens is 366 g/mol. The molecule has 0 aromatic rings. The van der Waals surface area contributed by atoms with E-state index < -0.39 is 41.2 Å². The summed E-state index contributed by atoms with van der Waals surface area (Å²) < 4.78 is 104. The van der Waals surface area contributed by atoms with Crippen LogP contribution in [-0.4, -0.2) is 41.2 Å². The summed E-state index contributed by atoms with van der Waals surface area (Å²) in [6, 6.07) is 0. The summed E-state index contributed by atoms with van der Waals surface area (Å²) in [6.07, 6.45) is -12.8. The molecule has 15 heavy (non-hydrogen) atoms. The van der Waals surface area contributed by atoms with Crippen molar-refractivity contribution in [2.45, 2.75) is 20.3 Å². The molecule has 0 aliphatic heterocycles. The minimum atomic E-state index is -6.38. The number of alkyl halides is 10. The van der Waals surface area contributed by atoms with Crippen molar-refractivity contribution < 1.29 is 43.9 Å². The third-order valence-corrected chi connectivity index (χ3v) is 3.70. The van der Waals surface area contributed by atoms with E-state index in [1.807, 2.05) is 0 Å². The first-order valence-corrected chi connectivity index (χ1v) is 5.13. The van der Waals surface area contributed by atoms with Gasteiger partial charge in [-0.05, 0) is 0 Å². The first-order valence-electron chi connectivity index (χ1n) is 2.80. The zero-order valence-electron chi connectivity index (χ0n) is 6.19. The van der Waals surface area contributed by atoms with Crippen LogP contribution in [0, 0.1) is 0 Å². The zero-order chi connectivity index (χ0) is 12.7. The van der Waals surface area contributed by atoms with Gasteiger partial charge >= 0.3 is 85.1 Å². The van der Waals surface area contributed by atoms with Crippen molar-refractivity contribution in [3.05, 3.63) is 0 Å². The molecule has 0 rings (SSSR count). The van der Waals surface area contributed by atoms with Crippen LogP contribution >= 0.6 is 0 Å². The third-order valence-electron chi connectivity index (χ3n) is 0.916. The summed E-state index contributed by atoms with van der Waals surface area (Å²) in [5.74, 6) is 0. The minimum absolute atomic E-state index is 4.97. The molecule has 0 fully saturated rings. The molecule has 0 aliphatic carbocycles. The summed E-state index contributed by atoms with van der Waals surface area (Å²) in [6.45, 7) is 0. The van der Waals surface area contributed by atoms with E-state index in [1.165, 1.54) is 0 Å². The zero-order valence-corrected chi connectivity index (χ0v) is 8.52. The van der Waals surface area contributed by atoms with Crippen LogP contribution in [0.15, 0.2) is 0 Å². The monoisotopic (exact) mass is 368 g/mol. The normalized spacial score (nSPS) is 15.6. The Labute approximate surface area is 85.7 Å². The van der Waals surface area contributed by atoms with E-state index in [0.29, 0.717) is 0 Å². The summed E-state index contributed by atoms with van der Waals surface area (Å²) in [5.41, 5.74) is 0. The van der Waals surface area contributed by atoms with E-state index in [-0.39, 0.29) is 0 Å². The van der Waals surface area contributed by atoms with Gasteiger partial charge in [0, 0.05) is 0 Å². The maximum absolute atomic E-state index is 11.9. The molecule has 0 amide bonds. The van der Waals surface area contributed by atoms with Gasteiger partial charge in [-0.25, -0.2) is 0 Å². The molecule has 0 unspecified atom stereocenters. The Balaban J connectivity index is 4.89. The van der Waals surface area contributed by atoms with Crippen LogP contribution in [0.3, 0.4) is 0 Å². The second kappa shape index (κ2) is 3.83. The fourth-order valence-electron chi connectivity index (χ4n) is 0.277. The Hall–Kier alpha value is 0.0896. The van der Waals surface area contributed by atoms with Crippen molar-refractivity contribution in [1.82, 2.24) is 0 Å². The van der Waals surface area contributed by atoms with Crippen molar-refractivity contribution in [2.75, 3.05) is 0 Å². The molecule has 0 saturated heterocycles. The molecule has 0 radical (unpaired) electrons. The van der Waals surface area contributed by atoms with E-state index in [9.17, 15) is 43.9 Å². The molecule has 0 atom stereocenters. The molecule has 0 N–H and O–H groups in total. The first kappa shape index (κ1) is 15.1. The molecular formula is C4F10Te. The average Bonchev–Trinajstić information content (AvgIpc) is 1.77. The summed E-state index contributed by atoms with van der Waals surface area (Å²) in [7, 11) is 0. The number of halogens is 10. The molecule has 0 saturated carbocycles. The van der Waals surface area contributed by atoms with Gasteiger partial charge in [-0.1, -0.05) is 0 Å². The Kier molecular flexibility index (Phi) is 3.86. The van der Waals surface area contributed by atoms with Crippen LogP contribution in [0.25, 0.3) is 0 Å². The summed E-state index contributed by atoms with van der Waals surface area (Å²) in [4.78, 5) is 0. The van der Waals surface area contributed by atoms with Crippen molar-refractivity contribution in [2.24, 2.45) is 0 Å². The standard InChI is InChI=1S/C4F10Te/c5-1(6,7)3(11,12)15-4(13,14)2(8,9)10. The molecule has 0 aromatic heterocycles. The van der Waals surface area contributed by atoms with Crippen molar-refractivity contribution >= 4 is 20.9 Å². The predicted molar refractivity (Wildman–Crippen MR) is 27.8 cm³/mol. The molecule has 0 heterocycles. The Bertz CT molecular complexity index is 199. The molecule has 0 aliphatic rings. The topological polar surface area (TPSA) is 0 Å². The SMILES string of the molecule is FC(F)(F)C(F)(F)[Te]C(F)(F)C(F)(F)F. The fraction of sp³-hybridized carbons (Fsp3) is 1.00. The average molecular weight is 366 g/mol. The number of hydrogen-bond acceptors (Lipinski definition) is 0. The quantitative estimate of drug-likeness (QED) is 0.521. The van der Waals surface area contributed by atoms with Crippen LogP contribution < -0.4 is 0 Å². The Morgan fingerprint density at radius 3 is 0.800 bits per heavy atom. The van der Waals surface area contributed by atoms with Gasteiger partial charge in [0.1, 0.15) is 0 Å². The van der Waals surface area contributed by atoms with E-state index in [2.05, 4.69) is 0 Å². The van der Waals surface area contributed by atoms with E-state index in [0.717, 1.165) is 0 Å². The van der Waals surface area contributed by atoms with Gasteiger partial charge in [-0.3, -0.25) is 0 Å². The van der Waals surface area contributed by atoms with E-state index >= 15 is 0 Å². The van der Waals surface area contributed by atoms with Gasteiger partial charge in [0.05, 0.1) is 0 Å². The van der Waals surface area contributed by atoms with Crippen LogP contribution in [0.2, 0.25) is 0 Å². The van der Waals surface area contributed by atoms with Crippen molar-refractivity contribution in [1.29, 1.82) is 0 Å². The molecule has 11 heteroatoms. The van der Waals surface area contributed by atoms with Crippen LogP contribution in [0.4, 0.5) is 43.9 Å². The second-order valence-corrected chi connectivity index (χ2v) is 5.64. The summed E-state index contributed by atoms with van der Waals surface area (Å²) in [5, 5.41) is 0. The van der Waals surface area contributed by atoms with Gasteiger partial charge < -0.3 is 0 Å². The number of hydrogen-bond donors (Lipinski definition) is 0. The van der Waals surface area contributed by atoms with Crippen LogP contribution in [0.5, 0.6) is 0 Å². The molecule has 92 valence electrons. The van der Waals surface area contributed by atoms with Crippen molar-refractivity contribution in [3.8, 4) is 0 Å². The molecule has 0 nitrogen and oxygen atoms in total. The van der Waals surface area contributed by atoms with Crippen molar-refractivity contribution in [3.63, 3.8) is 0 Å². The van der Waals surface area contributed by atoms with Crippen LogP contribution in [-0.2, 0) is 0 Å². The van der Waals surface area contributed by atoms with E-state index in [1.54, 1.807) is 0 Å². The van der Waals surface area contributed by atoms with Gasteiger partial charge in [0.15, 0.2) is 0 Å². The Morgan fingerprint density at radius 2 is 0.667 bits per heavy atom. The molecule has 0 spiro atoms. The predicted octanol–water partition coefficient (Wildman–Crippen LogP) is 3.00. The van der Waals surface area contributed by atoms with Gasteiger partial charge in [-0.2, -0.15) is 0 Å². The number of rotatable bonds is 2. The summed E-state index contributed by atoms with van der Waals surface area (Å²) >= 11 is -4.97. The van der Waals surface area contributed by atoms with Gasteiger partial charge in [0.2, 0.25) is 0 Å². The maximum atomic E-state index is 11.9. The van der Waals surface area contributed by atoms with Gasteiger partial charge in [-0.15, -0.1) is 0 Å². The first-order chi connectivity index (χ1) is 6.21. The van der Waals surface area contributed by atoms with Gasteiger partial charge in [0.25, 0.3) is 0 Å².